The highest BCUT2D eigenvalue weighted by atomic mass is 19.4. The summed E-state index contributed by atoms with van der Waals surface area (Å²) < 4.78 is 43.0. The summed E-state index contributed by atoms with van der Waals surface area (Å²) in [6.45, 7) is 1.85. The van der Waals surface area contributed by atoms with Gasteiger partial charge in [0.05, 0.1) is 17.8 Å². The first-order chi connectivity index (χ1) is 10.9. The van der Waals surface area contributed by atoms with Crippen molar-refractivity contribution in [1.82, 2.24) is 10.3 Å². The maximum Gasteiger partial charge on any atom is 0.433 e. The van der Waals surface area contributed by atoms with Gasteiger partial charge in [0.1, 0.15) is 18.1 Å². The molecule has 1 heterocycles. The molecule has 1 aromatic carbocycles. The lowest BCUT2D eigenvalue weighted by Gasteiger charge is -2.11. The Morgan fingerprint density at radius 3 is 2.48 bits per heavy atom. The van der Waals surface area contributed by atoms with Crippen molar-refractivity contribution in [3.8, 4) is 5.75 Å². The Morgan fingerprint density at radius 1 is 1.17 bits per heavy atom. The molecule has 2 aromatic rings. The summed E-state index contributed by atoms with van der Waals surface area (Å²) in [7, 11) is 0. The van der Waals surface area contributed by atoms with Gasteiger partial charge >= 0.3 is 6.18 Å². The zero-order valence-electron chi connectivity index (χ0n) is 12.4. The van der Waals surface area contributed by atoms with Crippen molar-refractivity contribution in [1.29, 1.82) is 0 Å². The molecule has 0 bridgehead atoms. The lowest BCUT2D eigenvalue weighted by atomic mass is 10.1. The van der Waals surface area contributed by atoms with Crippen LogP contribution in [0.2, 0.25) is 0 Å². The summed E-state index contributed by atoms with van der Waals surface area (Å²) in [5, 5.41) is 2.58. The van der Waals surface area contributed by atoms with Crippen LogP contribution < -0.4 is 10.1 Å². The highest BCUT2D eigenvalue weighted by Gasteiger charge is 2.33. The molecule has 23 heavy (non-hydrogen) atoms. The van der Waals surface area contributed by atoms with Crippen LogP contribution in [-0.4, -0.2) is 24.0 Å². The number of pyridine rings is 1. The zero-order chi connectivity index (χ0) is 16.9. The molecule has 0 saturated heterocycles. The van der Waals surface area contributed by atoms with Gasteiger partial charge in [-0.25, -0.2) is 4.98 Å². The second-order valence-electron chi connectivity index (χ2n) is 4.74. The number of ether oxygens (including phenoxy) is 1. The summed E-state index contributed by atoms with van der Waals surface area (Å²) in [6.07, 6.45) is -4.52. The Kier molecular flexibility index (Phi) is 5.20. The molecule has 0 spiro atoms. The van der Waals surface area contributed by atoms with E-state index in [1.807, 2.05) is 18.2 Å². The van der Waals surface area contributed by atoms with Crippen molar-refractivity contribution in [3.05, 3.63) is 59.4 Å². The van der Waals surface area contributed by atoms with Crippen molar-refractivity contribution < 1.29 is 22.7 Å². The number of rotatable bonds is 5. The predicted octanol–water partition coefficient (Wildman–Crippen LogP) is 3.22. The van der Waals surface area contributed by atoms with Gasteiger partial charge in [-0.15, -0.1) is 0 Å². The van der Waals surface area contributed by atoms with Crippen LogP contribution in [0.25, 0.3) is 0 Å². The van der Waals surface area contributed by atoms with Crippen LogP contribution in [-0.2, 0) is 6.18 Å². The van der Waals surface area contributed by atoms with E-state index in [-0.39, 0.29) is 24.4 Å². The minimum absolute atomic E-state index is 0.0290. The Bertz CT molecular complexity index is 673. The Labute approximate surface area is 131 Å². The molecule has 1 aromatic heterocycles. The highest BCUT2D eigenvalue weighted by molar-refractivity contribution is 5.95. The third kappa shape index (κ3) is 4.70. The zero-order valence-corrected chi connectivity index (χ0v) is 12.4. The number of halogens is 3. The smallest absolute Gasteiger partial charge is 0.433 e. The van der Waals surface area contributed by atoms with Crippen LogP contribution in [0.5, 0.6) is 5.75 Å². The van der Waals surface area contributed by atoms with E-state index in [1.54, 1.807) is 12.1 Å². The molecule has 0 aliphatic rings. The molecule has 4 nitrogen and oxygen atoms in total. The minimum atomic E-state index is -4.52. The van der Waals surface area contributed by atoms with Crippen LogP contribution in [0, 0.1) is 6.92 Å². The Hall–Kier alpha value is -2.57. The van der Waals surface area contributed by atoms with E-state index >= 15 is 0 Å². The largest absolute Gasteiger partial charge is 0.492 e. The van der Waals surface area contributed by atoms with Gasteiger partial charge in [0.2, 0.25) is 0 Å². The van der Waals surface area contributed by atoms with E-state index in [4.69, 9.17) is 4.74 Å². The van der Waals surface area contributed by atoms with Crippen LogP contribution in [0.3, 0.4) is 0 Å². The summed E-state index contributed by atoms with van der Waals surface area (Å²) in [4.78, 5) is 15.4. The molecule has 0 atom stereocenters. The third-order valence-corrected chi connectivity index (χ3v) is 3.02. The molecule has 1 N–H and O–H groups in total. The van der Waals surface area contributed by atoms with Gasteiger partial charge in [0, 0.05) is 0 Å². The summed E-state index contributed by atoms with van der Waals surface area (Å²) in [5.74, 6) is 0.189. The topological polar surface area (TPSA) is 51.2 Å². The predicted molar refractivity (Wildman–Crippen MR) is 78.2 cm³/mol. The monoisotopic (exact) mass is 324 g/mol. The van der Waals surface area contributed by atoms with E-state index in [9.17, 15) is 18.0 Å². The van der Waals surface area contributed by atoms with Crippen molar-refractivity contribution in [2.75, 3.05) is 13.2 Å². The summed E-state index contributed by atoms with van der Waals surface area (Å²) in [6, 6.07) is 11.0. The second kappa shape index (κ2) is 7.13. The Morgan fingerprint density at radius 2 is 1.87 bits per heavy atom. The molecule has 0 unspecified atom stereocenters. The quantitative estimate of drug-likeness (QED) is 0.859. The normalized spacial score (nSPS) is 11.1. The molecule has 0 radical (unpaired) electrons. The molecule has 1 amide bonds. The number of carbonyl (C=O) groups excluding carboxylic acids is 1. The van der Waals surface area contributed by atoms with Crippen molar-refractivity contribution in [2.24, 2.45) is 0 Å². The molecule has 7 heteroatoms. The van der Waals surface area contributed by atoms with Gasteiger partial charge in [-0.05, 0) is 31.2 Å². The molecule has 0 fully saturated rings. The van der Waals surface area contributed by atoms with Crippen LogP contribution in [0.15, 0.2) is 42.5 Å². The molecule has 2 rings (SSSR count). The number of aryl methyl sites for hydroxylation is 1. The lowest BCUT2D eigenvalue weighted by molar-refractivity contribution is -0.141. The standard InChI is InChI=1S/C16H15F3N2O2/c1-11-13(7-8-14(21-11)16(17,18)19)15(22)20-9-10-23-12-5-3-2-4-6-12/h2-8H,9-10H2,1H3,(H,20,22). The van der Waals surface area contributed by atoms with Crippen LogP contribution in [0.1, 0.15) is 21.7 Å². The van der Waals surface area contributed by atoms with Gasteiger partial charge in [0.15, 0.2) is 0 Å². The van der Waals surface area contributed by atoms with Crippen molar-refractivity contribution >= 4 is 5.91 Å². The highest BCUT2D eigenvalue weighted by Crippen LogP contribution is 2.28. The molecule has 0 aliphatic heterocycles. The first-order valence-corrected chi connectivity index (χ1v) is 6.89. The van der Waals surface area contributed by atoms with E-state index < -0.39 is 17.8 Å². The number of aromatic nitrogens is 1. The minimum Gasteiger partial charge on any atom is -0.492 e. The van der Waals surface area contributed by atoms with E-state index in [2.05, 4.69) is 10.3 Å². The van der Waals surface area contributed by atoms with E-state index in [1.165, 1.54) is 6.92 Å². The van der Waals surface area contributed by atoms with Crippen molar-refractivity contribution in [3.63, 3.8) is 0 Å². The number of amides is 1. The Balaban J connectivity index is 1.88. The molecular formula is C16H15F3N2O2. The first-order valence-electron chi connectivity index (χ1n) is 6.89. The number of carbonyl (C=O) groups is 1. The van der Waals surface area contributed by atoms with Crippen LogP contribution in [0.4, 0.5) is 13.2 Å². The number of benzene rings is 1. The van der Waals surface area contributed by atoms with Gasteiger partial charge in [-0.2, -0.15) is 13.2 Å². The molecule has 122 valence electrons. The SMILES string of the molecule is Cc1nc(C(F)(F)F)ccc1C(=O)NCCOc1ccccc1. The fourth-order valence-corrected chi connectivity index (χ4v) is 1.90. The molecule has 0 aliphatic carbocycles. The van der Waals surface area contributed by atoms with Gasteiger partial charge < -0.3 is 10.1 Å². The van der Waals surface area contributed by atoms with E-state index in [0.29, 0.717) is 5.75 Å². The lowest BCUT2D eigenvalue weighted by Crippen LogP contribution is -2.29. The number of nitrogens with zero attached hydrogens (tertiary/aromatic N) is 1. The van der Waals surface area contributed by atoms with Gasteiger partial charge in [0.25, 0.3) is 5.91 Å². The number of para-hydroxylation sites is 1. The van der Waals surface area contributed by atoms with Gasteiger partial charge in [-0.3, -0.25) is 4.79 Å². The molecule has 0 saturated carbocycles. The number of nitrogens with one attached hydrogen (secondary N) is 1. The average molecular weight is 324 g/mol. The average Bonchev–Trinajstić information content (AvgIpc) is 2.51. The first kappa shape index (κ1) is 16.8. The fourth-order valence-electron chi connectivity index (χ4n) is 1.90. The summed E-state index contributed by atoms with van der Waals surface area (Å²) >= 11 is 0. The van der Waals surface area contributed by atoms with Gasteiger partial charge in [-0.1, -0.05) is 18.2 Å². The molecular weight excluding hydrogens is 309 g/mol. The number of alkyl halides is 3. The van der Waals surface area contributed by atoms with Crippen molar-refractivity contribution in [2.45, 2.75) is 13.1 Å². The second-order valence-corrected chi connectivity index (χ2v) is 4.74. The van der Waals surface area contributed by atoms with E-state index in [0.717, 1.165) is 12.1 Å². The fraction of sp³-hybridized carbons (Fsp3) is 0.250. The van der Waals surface area contributed by atoms with Crippen LogP contribution >= 0.6 is 0 Å². The number of hydrogen-bond acceptors (Lipinski definition) is 3. The third-order valence-electron chi connectivity index (χ3n) is 3.02. The maximum absolute atomic E-state index is 12.5. The summed E-state index contributed by atoms with van der Waals surface area (Å²) in [5.41, 5.74) is -0.877. The maximum atomic E-state index is 12.5. The number of hydrogen-bond donors (Lipinski definition) is 1.